The van der Waals surface area contributed by atoms with Gasteiger partial charge in [-0.2, -0.15) is 0 Å². The molecule has 0 bridgehead atoms. The molecule has 0 radical (unpaired) electrons. The number of fused-ring (bicyclic) bond motifs is 9. The molecule has 0 amide bonds. The monoisotopic (exact) mass is 716 g/mol. The molecule has 3 heteroatoms. The normalized spacial score (nSPS) is 12.3. The van der Waals surface area contributed by atoms with Crippen molar-refractivity contribution in [1.82, 2.24) is 9.13 Å². The summed E-state index contributed by atoms with van der Waals surface area (Å²) in [7, 11) is 0. The van der Waals surface area contributed by atoms with E-state index in [0.29, 0.717) is 0 Å². The summed E-state index contributed by atoms with van der Waals surface area (Å²) in [5.41, 5.74) is 14.7. The van der Waals surface area contributed by atoms with E-state index in [4.69, 9.17) is 0 Å². The molecule has 55 heavy (non-hydrogen) atoms. The number of hydrogen-bond donors (Lipinski definition) is 0. The molecule has 12 rings (SSSR count). The molecular formula is C52H32N2S. The van der Waals surface area contributed by atoms with Crippen LogP contribution in [0.15, 0.2) is 204 Å². The van der Waals surface area contributed by atoms with Gasteiger partial charge in [-0.05, 0) is 105 Å². The van der Waals surface area contributed by atoms with Gasteiger partial charge in [0.15, 0.2) is 0 Å². The summed E-state index contributed by atoms with van der Waals surface area (Å²) in [5.74, 6) is 0. The fourth-order valence-corrected chi connectivity index (χ4v) is 10.3. The summed E-state index contributed by atoms with van der Waals surface area (Å²) in [6.07, 6.45) is 0. The van der Waals surface area contributed by atoms with Crippen LogP contribution in [0.3, 0.4) is 0 Å². The van der Waals surface area contributed by atoms with Crippen LogP contribution < -0.4 is 0 Å². The number of rotatable bonds is 4. The first-order chi connectivity index (χ1) is 27.3. The molecule has 0 atom stereocenters. The van der Waals surface area contributed by atoms with Crippen molar-refractivity contribution in [3.8, 4) is 44.8 Å². The minimum Gasteiger partial charge on any atom is -0.309 e. The second-order valence-electron chi connectivity index (χ2n) is 14.5. The first-order valence-corrected chi connectivity index (χ1v) is 19.7. The molecule has 11 aromatic rings. The Morgan fingerprint density at radius 3 is 1.75 bits per heavy atom. The molecule has 9 aromatic carbocycles. The van der Waals surface area contributed by atoms with Crippen LogP contribution in [0.25, 0.3) is 99.1 Å². The molecule has 0 saturated heterocycles. The van der Waals surface area contributed by atoms with Gasteiger partial charge in [-0.15, -0.1) is 0 Å². The van der Waals surface area contributed by atoms with Gasteiger partial charge in [0.1, 0.15) is 0 Å². The van der Waals surface area contributed by atoms with E-state index in [9.17, 15) is 0 Å². The summed E-state index contributed by atoms with van der Waals surface area (Å²) < 4.78 is 4.85. The molecule has 0 fully saturated rings. The van der Waals surface area contributed by atoms with Crippen molar-refractivity contribution in [3.05, 3.63) is 194 Å². The third kappa shape index (κ3) is 4.57. The highest BCUT2D eigenvalue weighted by atomic mass is 32.2. The SMILES string of the molecule is c1ccc(-c2cccc(-n3c4ccccc4c4cc(-c5ccc6c(c5)Sc5cccc7c5c-6cc5c7c6ccccc6n5-c5ccccc5)ccc43)c2)cc1. The van der Waals surface area contributed by atoms with Gasteiger partial charge in [-0.3, -0.25) is 0 Å². The Bertz CT molecular complexity index is 3330. The van der Waals surface area contributed by atoms with E-state index in [-0.39, 0.29) is 0 Å². The minimum atomic E-state index is 1.17. The zero-order valence-corrected chi connectivity index (χ0v) is 30.6. The zero-order valence-electron chi connectivity index (χ0n) is 29.8. The third-order valence-electron chi connectivity index (χ3n) is 11.5. The Morgan fingerprint density at radius 1 is 0.291 bits per heavy atom. The Balaban J connectivity index is 1.02. The molecule has 0 spiro atoms. The zero-order chi connectivity index (χ0) is 36.0. The summed E-state index contributed by atoms with van der Waals surface area (Å²) in [5, 5.41) is 7.79. The van der Waals surface area contributed by atoms with Crippen LogP contribution in [0.4, 0.5) is 0 Å². The van der Waals surface area contributed by atoms with E-state index in [1.54, 1.807) is 0 Å². The molecule has 0 aliphatic carbocycles. The molecule has 1 aliphatic rings. The van der Waals surface area contributed by atoms with E-state index in [0.717, 1.165) is 0 Å². The lowest BCUT2D eigenvalue weighted by atomic mass is 9.93. The molecule has 2 aromatic heterocycles. The molecule has 3 heterocycles. The first-order valence-electron chi connectivity index (χ1n) is 18.8. The van der Waals surface area contributed by atoms with Crippen molar-refractivity contribution in [2.24, 2.45) is 0 Å². The molecule has 0 saturated carbocycles. The second kappa shape index (κ2) is 11.8. The molecule has 256 valence electrons. The van der Waals surface area contributed by atoms with Crippen LogP contribution in [0.5, 0.6) is 0 Å². The summed E-state index contributed by atoms with van der Waals surface area (Å²) in [6.45, 7) is 0. The summed E-state index contributed by atoms with van der Waals surface area (Å²) in [6, 6.07) is 71.3. The van der Waals surface area contributed by atoms with Crippen molar-refractivity contribution in [2.75, 3.05) is 0 Å². The van der Waals surface area contributed by atoms with Crippen molar-refractivity contribution < 1.29 is 0 Å². The Hall–Kier alpha value is -6.81. The predicted octanol–water partition coefficient (Wildman–Crippen LogP) is 14.5. The number of para-hydroxylation sites is 3. The Morgan fingerprint density at radius 2 is 0.891 bits per heavy atom. The molecule has 0 N–H and O–H groups in total. The van der Waals surface area contributed by atoms with E-state index < -0.39 is 0 Å². The van der Waals surface area contributed by atoms with Crippen molar-refractivity contribution in [3.63, 3.8) is 0 Å². The van der Waals surface area contributed by atoms with E-state index in [1.165, 1.54) is 109 Å². The maximum atomic E-state index is 2.44. The lowest BCUT2D eigenvalue weighted by molar-refractivity contribution is 1.18. The second-order valence-corrected chi connectivity index (χ2v) is 15.6. The van der Waals surface area contributed by atoms with Gasteiger partial charge in [-0.25, -0.2) is 0 Å². The smallest absolute Gasteiger partial charge is 0.0553 e. The predicted molar refractivity (Wildman–Crippen MR) is 233 cm³/mol. The van der Waals surface area contributed by atoms with Crippen molar-refractivity contribution in [1.29, 1.82) is 0 Å². The van der Waals surface area contributed by atoms with E-state index in [1.807, 2.05) is 11.8 Å². The van der Waals surface area contributed by atoms with Gasteiger partial charge in [0, 0.05) is 48.1 Å². The topological polar surface area (TPSA) is 9.86 Å². The van der Waals surface area contributed by atoms with Gasteiger partial charge in [0.05, 0.1) is 22.1 Å². The molecular weight excluding hydrogens is 685 g/mol. The van der Waals surface area contributed by atoms with E-state index >= 15 is 0 Å². The van der Waals surface area contributed by atoms with E-state index in [2.05, 4.69) is 203 Å². The van der Waals surface area contributed by atoms with Crippen LogP contribution in [0.1, 0.15) is 0 Å². The highest BCUT2D eigenvalue weighted by Crippen LogP contribution is 2.52. The number of nitrogens with zero attached hydrogens (tertiary/aromatic N) is 2. The molecule has 2 nitrogen and oxygen atoms in total. The largest absolute Gasteiger partial charge is 0.309 e. The van der Waals surface area contributed by atoms with Gasteiger partial charge in [-0.1, -0.05) is 139 Å². The fraction of sp³-hybridized carbons (Fsp3) is 0. The molecule has 1 aliphatic heterocycles. The highest BCUT2D eigenvalue weighted by Gasteiger charge is 2.25. The number of aromatic nitrogens is 2. The lowest BCUT2D eigenvalue weighted by Crippen LogP contribution is -1.97. The van der Waals surface area contributed by atoms with Crippen LogP contribution in [-0.2, 0) is 0 Å². The van der Waals surface area contributed by atoms with Crippen LogP contribution in [-0.4, -0.2) is 9.13 Å². The Kier molecular flexibility index (Phi) is 6.60. The highest BCUT2D eigenvalue weighted by molar-refractivity contribution is 7.99. The number of benzene rings is 9. The summed E-state index contributed by atoms with van der Waals surface area (Å²) >= 11 is 1.90. The minimum absolute atomic E-state index is 1.17. The van der Waals surface area contributed by atoms with Gasteiger partial charge >= 0.3 is 0 Å². The van der Waals surface area contributed by atoms with Gasteiger partial charge in [0.2, 0.25) is 0 Å². The fourth-order valence-electron chi connectivity index (χ4n) is 9.07. The van der Waals surface area contributed by atoms with Crippen LogP contribution >= 0.6 is 11.8 Å². The molecule has 0 unspecified atom stereocenters. The standard InChI is InChI=1S/C52H32N2S/c1-3-13-33(14-4-1)34-15-11-18-38(29-34)54-45-22-9-7-19-39(45)43-30-35(26-28-47(43)54)36-25-27-40-44-32-48-51(42-21-12-24-49(52(42)44)55-50(40)31-36)41-20-8-10-23-46(41)53(48)37-16-5-2-6-17-37/h1-32H. The van der Waals surface area contributed by atoms with Crippen molar-refractivity contribution in [2.45, 2.75) is 9.79 Å². The summed E-state index contributed by atoms with van der Waals surface area (Å²) in [4.78, 5) is 2.60. The average Bonchev–Trinajstić information content (AvgIpc) is 3.77. The average molecular weight is 717 g/mol. The Labute approximate surface area is 322 Å². The number of hydrogen-bond acceptors (Lipinski definition) is 1. The first kappa shape index (κ1) is 30.6. The van der Waals surface area contributed by atoms with Crippen LogP contribution in [0, 0.1) is 0 Å². The van der Waals surface area contributed by atoms with Crippen LogP contribution in [0.2, 0.25) is 0 Å². The lowest BCUT2D eigenvalue weighted by Gasteiger charge is -2.22. The van der Waals surface area contributed by atoms with Crippen molar-refractivity contribution >= 4 is 66.1 Å². The maximum Gasteiger partial charge on any atom is 0.0553 e. The maximum absolute atomic E-state index is 2.44. The third-order valence-corrected chi connectivity index (χ3v) is 12.6. The van der Waals surface area contributed by atoms with Gasteiger partial charge in [0.25, 0.3) is 0 Å². The van der Waals surface area contributed by atoms with Gasteiger partial charge < -0.3 is 9.13 Å². The quantitative estimate of drug-likeness (QED) is 0.176.